The second-order valence-corrected chi connectivity index (χ2v) is 16.5. The molecule has 4 aliphatic carbocycles. The predicted molar refractivity (Wildman–Crippen MR) is 198 cm³/mol. The Kier molecular flexibility index (Phi) is 8.97. The molecule has 4 bridgehead atoms. The van der Waals surface area contributed by atoms with E-state index >= 15 is 0 Å². The fraction of sp³-hybridized carbons (Fsp3) is 0.524. The Bertz CT molecular complexity index is 1720. The van der Waals surface area contributed by atoms with Crippen molar-refractivity contribution in [1.29, 1.82) is 0 Å². The van der Waals surface area contributed by atoms with Gasteiger partial charge in [-0.25, -0.2) is 4.79 Å². The number of rotatable bonds is 8. The summed E-state index contributed by atoms with van der Waals surface area (Å²) >= 11 is 0. The predicted octanol–water partition coefficient (Wildman–Crippen LogP) is 6.24. The van der Waals surface area contributed by atoms with E-state index < -0.39 is 11.8 Å². The molecule has 52 heavy (non-hydrogen) atoms. The molecule has 3 heterocycles. The third-order valence-electron chi connectivity index (χ3n) is 13.0. The van der Waals surface area contributed by atoms with Crippen molar-refractivity contribution in [3.8, 4) is 0 Å². The van der Waals surface area contributed by atoms with E-state index in [1.165, 1.54) is 19.3 Å². The average Bonchev–Trinajstić information content (AvgIpc) is 3.46. The van der Waals surface area contributed by atoms with Gasteiger partial charge in [0, 0.05) is 48.5 Å². The van der Waals surface area contributed by atoms with Crippen molar-refractivity contribution in [1.82, 2.24) is 15.5 Å². The third-order valence-corrected chi connectivity index (χ3v) is 13.0. The van der Waals surface area contributed by atoms with Crippen LogP contribution in [0.5, 0.6) is 0 Å². The second kappa shape index (κ2) is 13.8. The molecule has 3 aromatic carbocycles. The number of carbonyl (C=O) groups excluding carboxylic acids is 2. The number of amides is 3. The number of piperidine rings is 1. The van der Waals surface area contributed by atoms with Crippen LogP contribution in [-0.2, 0) is 20.9 Å². The molecule has 10 heteroatoms. The van der Waals surface area contributed by atoms with E-state index in [0.29, 0.717) is 13.1 Å². The third kappa shape index (κ3) is 6.59. The molecular formula is C42H51N5O5. The number of aliphatic hydroxyl groups excluding tert-OH is 1. The highest BCUT2D eigenvalue weighted by molar-refractivity contribution is 5.93. The van der Waals surface area contributed by atoms with Crippen LogP contribution in [0.4, 0.5) is 16.2 Å². The Morgan fingerprint density at radius 3 is 2.25 bits per heavy atom. The van der Waals surface area contributed by atoms with Crippen LogP contribution in [0.1, 0.15) is 86.9 Å². The van der Waals surface area contributed by atoms with Gasteiger partial charge >= 0.3 is 6.03 Å². The van der Waals surface area contributed by atoms with Gasteiger partial charge in [0.2, 0.25) is 5.91 Å². The quantitative estimate of drug-likeness (QED) is 0.219. The van der Waals surface area contributed by atoms with Crippen molar-refractivity contribution in [2.75, 3.05) is 36.5 Å². The fourth-order valence-corrected chi connectivity index (χ4v) is 10.9. The number of urea groups is 1. The standard InChI is InChI=1S/C42H51N5O5/c48-26-28-9-11-32(12-10-28)37-21-36(25-46-15-13-42(14-16-46)39(49)43-27-47(42)35-7-2-1-3-8-35)51-38(52-37)33-5-4-6-34(20-33)44-40(50)45-41-22-29-17-30(23-41)19-31(18-29)24-41/h1-12,20,29-31,36-38,48H,13-19,21-27H2,(H,43,49)(H2,44,45,50). The number of carbonyl (C=O) groups is 2. The van der Waals surface area contributed by atoms with Gasteiger partial charge in [-0.15, -0.1) is 0 Å². The second-order valence-electron chi connectivity index (χ2n) is 16.5. The van der Waals surface area contributed by atoms with Gasteiger partial charge < -0.3 is 40.3 Å². The van der Waals surface area contributed by atoms with E-state index in [2.05, 4.69) is 37.9 Å². The minimum Gasteiger partial charge on any atom is -0.392 e. The number of aliphatic hydroxyl groups is 1. The molecule has 0 aromatic heterocycles. The molecule has 3 aromatic rings. The number of nitrogens with one attached hydrogen (secondary N) is 3. The van der Waals surface area contributed by atoms with Crippen LogP contribution in [0.3, 0.4) is 0 Å². The summed E-state index contributed by atoms with van der Waals surface area (Å²) in [6.07, 6.45) is 8.53. The minimum absolute atomic E-state index is 0.00737. The van der Waals surface area contributed by atoms with Crippen LogP contribution < -0.4 is 20.9 Å². The summed E-state index contributed by atoms with van der Waals surface area (Å²) in [7, 11) is 0. The maximum absolute atomic E-state index is 13.4. The molecule has 3 atom stereocenters. The van der Waals surface area contributed by atoms with Crippen molar-refractivity contribution in [3.05, 3.63) is 95.6 Å². The lowest BCUT2D eigenvalue weighted by Gasteiger charge is -2.56. The SMILES string of the molecule is O=C(Nc1cccc(C2OC(CN3CCC4(CC3)C(=O)NCN4c3ccccc3)CC(c3ccc(CO)cc3)O2)c1)NC12CC3CC(CC(C3)C1)C2. The van der Waals surface area contributed by atoms with Crippen LogP contribution in [-0.4, -0.2) is 65.4 Å². The number of anilines is 2. The van der Waals surface area contributed by atoms with Crippen LogP contribution >= 0.6 is 0 Å². The molecule has 1 spiro atoms. The normalized spacial score (nSPS) is 32.2. The molecule has 4 saturated carbocycles. The highest BCUT2D eigenvalue weighted by Crippen LogP contribution is 2.55. The topological polar surface area (TPSA) is 115 Å². The van der Waals surface area contributed by atoms with Crippen LogP contribution in [0.25, 0.3) is 0 Å². The summed E-state index contributed by atoms with van der Waals surface area (Å²) in [6, 6.07) is 25.9. The molecule has 274 valence electrons. The zero-order valence-electron chi connectivity index (χ0n) is 29.8. The van der Waals surface area contributed by atoms with Crippen molar-refractivity contribution in [2.24, 2.45) is 17.8 Å². The zero-order chi connectivity index (χ0) is 35.3. The Balaban J connectivity index is 0.891. The molecule has 7 aliphatic rings. The number of hydrogen-bond acceptors (Lipinski definition) is 7. The molecule has 4 N–H and O–H groups in total. The van der Waals surface area contributed by atoms with E-state index in [-0.39, 0.29) is 36.3 Å². The summed E-state index contributed by atoms with van der Waals surface area (Å²) in [4.78, 5) is 31.4. The first kappa shape index (κ1) is 33.8. The van der Waals surface area contributed by atoms with E-state index in [1.807, 2.05) is 66.7 Å². The molecule has 10 rings (SSSR count). The van der Waals surface area contributed by atoms with Crippen molar-refractivity contribution < 1.29 is 24.2 Å². The first-order valence-corrected chi connectivity index (χ1v) is 19.4. The van der Waals surface area contributed by atoms with Gasteiger partial charge in [-0.1, -0.05) is 54.6 Å². The Hall–Kier alpha value is -3.96. The van der Waals surface area contributed by atoms with Gasteiger partial charge in [-0.3, -0.25) is 4.79 Å². The number of benzene rings is 3. The first-order chi connectivity index (χ1) is 25.3. The summed E-state index contributed by atoms with van der Waals surface area (Å²) in [6.45, 7) is 2.82. The van der Waals surface area contributed by atoms with Crippen molar-refractivity contribution in [3.63, 3.8) is 0 Å². The highest BCUT2D eigenvalue weighted by Gasteiger charge is 2.52. The van der Waals surface area contributed by atoms with E-state index in [0.717, 1.165) is 97.6 Å². The molecule has 3 aliphatic heterocycles. The number of likely N-dealkylation sites (tertiary alicyclic amines) is 1. The number of nitrogens with zero attached hydrogens (tertiary/aromatic N) is 2. The van der Waals surface area contributed by atoms with Crippen LogP contribution in [0.2, 0.25) is 0 Å². The number of para-hydroxylation sites is 1. The smallest absolute Gasteiger partial charge is 0.319 e. The lowest BCUT2D eigenvalue weighted by atomic mass is 9.53. The highest BCUT2D eigenvalue weighted by atomic mass is 16.7. The lowest BCUT2D eigenvalue weighted by molar-refractivity contribution is -0.253. The molecule has 3 saturated heterocycles. The van der Waals surface area contributed by atoms with E-state index in [4.69, 9.17) is 9.47 Å². The molecule has 3 amide bonds. The van der Waals surface area contributed by atoms with Crippen LogP contribution in [0, 0.1) is 17.8 Å². The monoisotopic (exact) mass is 705 g/mol. The first-order valence-electron chi connectivity index (χ1n) is 19.4. The van der Waals surface area contributed by atoms with Gasteiger partial charge in [0.1, 0.15) is 5.54 Å². The summed E-state index contributed by atoms with van der Waals surface area (Å²) in [5.41, 5.74) is 3.94. The molecule has 0 radical (unpaired) electrons. The molecule has 7 fully saturated rings. The molecular weight excluding hydrogens is 654 g/mol. The summed E-state index contributed by atoms with van der Waals surface area (Å²) in [5, 5.41) is 19.3. The Morgan fingerprint density at radius 2 is 1.56 bits per heavy atom. The summed E-state index contributed by atoms with van der Waals surface area (Å²) in [5.74, 6) is 2.39. The molecule has 10 nitrogen and oxygen atoms in total. The summed E-state index contributed by atoms with van der Waals surface area (Å²) < 4.78 is 13.4. The van der Waals surface area contributed by atoms with Gasteiger partial charge in [-0.2, -0.15) is 0 Å². The Morgan fingerprint density at radius 1 is 0.846 bits per heavy atom. The lowest BCUT2D eigenvalue weighted by Crippen LogP contribution is -2.60. The van der Waals surface area contributed by atoms with Gasteiger partial charge in [0.05, 0.1) is 25.5 Å². The zero-order valence-corrected chi connectivity index (χ0v) is 29.8. The van der Waals surface area contributed by atoms with Gasteiger partial charge in [0.15, 0.2) is 6.29 Å². The van der Waals surface area contributed by atoms with Crippen LogP contribution in [0.15, 0.2) is 78.9 Å². The Labute approximate surface area is 306 Å². The van der Waals surface area contributed by atoms with E-state index in [9.17, 15) is 14.7 Å². The average molecular weight is 706 g/mol. The number of ether oxygens (including phenoxy) is 2. The largest absolute Gasteiger partial charge is 0.392 e. The van der Waals surface area contributed by atoms with E-state index in [1.54, 1.807) is 0 Å². The van der Waals surface area contributed by atoms with Gasteiger partial charge in [-0.05, 0) is 105 Å². The van der Waals surface area contributed by atoms with Crippen molar-refractivity contribution in [2.45, 2.75) is 94.0 Å². The minimum atomic E-state index is -0.625. The molecule has 3 unspecified atom stereocenters. The van der Waals surface area contributed by atoms with Gasteiger partial charge in [0.25, 0.3) is 0 Å². The maximum Gasteiger partial charge on any atom is 0.319 e. The van der Waals surface area contributed by atoms with Crippen molar-refractivity contribution >= 4 is 23.3 Å². The number of hydrogen-bond donors (Lipinski definition) is 4. The maximum atomic E-state index is 13.4. The fourth-order valence-electron chi connectivity index (χ4n) is 10.9.